The van der Waals surface area contributed by atoms with Crippen LogP contribution in [0.2, 0.25) is 0 Å². The molecule has 1 N–H and O–H groups in total. The van der Waals surface area contributed by atoms with Gasteiger partial charge < -0.3 is 9.52 Å². The van der Waals surface area contributed by atoms with Crippen molar-refractivity contribution in [2.45, 2.75) is 6.92 Å². The van der Waals surface area contributed by atoms with Gasteiger partial charge in [-0.05, 0) is 48.9 Å². The Labute approximate surface area is 113 Å². The molecular weight excluding hydrogens is 261 g/mol. The van der Waals surface area contributed by atoms with Crippen molar-refractivity contribution < 1.29 is 18.7 Å². The van der Waals surface area contributed by atoms with E-state index in [1.54, 1.807) is 19.1 Å². The smallest absolute Gasteiger partial charge is 0.335 e. The Hall–Kier alpha value is -2.69. The molecule has 3 rings (SSSR count). The fraction of sp³-hybridized carbons (Fsp3) is 0.0667. The third kappa shape index (κ3) is 2.14. The highest BCUT2D eigenvalue weighted by Gasteiger charge is 2.12. The normalized spacial score (nSPS) is 10.9. The minimum atomic E-state index is -1.03. The number of halogens is 1. The minimum absolute atomic E-state index is 0.132. The minimum Gasteiger partial charge on any atom is -0.478 e. The van der Waals surface area contributed by atoms with E-state index in [0.29, 0.717) is 16.7 Å². The van der Waals surface area contributed by atoms with E-state index in [1.165, 1.54) is 24.3 Å². The van der Waals surface area contributed by atoms with Crippen molar-refractivity contribution in [2.75, 3.05) is 0 Å². The summed E-state index contributed by atoms with van der Waals surface area (Å²) in [6.07, 6.45) is 0. The van der Waals surface area contributed by atoms with Crippen molar-refractivity contribution in [3.63, 3.8) is 0 Å². The molecule has 100 valence electrons. The van der Waals surface area contributed by atoms with E-state index in [4.69, 9.17) is 9.52 Å². The van der Waals surface area contributed by atoms with Gasteiger partial charge in [-0.15, -0.1) is 0 Å². The van der Waals surface area contributed by atoms with Gasteiger partial charge in [0.05, 0.1) is 5.56 Å². The number of oxazole rings is 1. The molecule has 0 fully saturated rings. The maximum Gasteiger partial charge on any atom is 0.335 e. The molecule has 0 aliphatic carbocycles. The lowest BCUT2D eigenvalue weighted by molar-refractivity contribution is 0.0697. The second kappa shape index (κ2) is 4.45. The van der Waals surface area contributed by atoms with Gasteiger partial charge >= 0.3 is 5.97 Å². The van der Waals surface area contributed by atoms with Gasteiger partial charge in [0, 0.05) is 5.56 Å². The maximum absolute atomic E-state index is 13.4. The number of rotatable bonds is 2. The molecule has 0 bridgehead atoms. The van der Waals surface area contributed by atoms with Crippen molar-refractivity contribution in [3.05, 3.63) is 53.3 Å². The van der Waals surface area contributed by atoms with E-state index in [1.807, 2.05) is 0 Å². The van der Waals surface area contributed by atoms with Gasteiger partial charge in [-0.2, -0.15) is 0 Å². The molecule has 0 saturated carbocycles. The summed E-state index contributed by atoms with van der Waals surface area (Å²) < 4.78 is 18.9. The second-order valence-electron chi connectivity index (χ2n) is 4.52. The Morgan fingerprint density at radius 2 is 2.05 bits per heavy atom. The first-order valence-corrected chi connectivity index (χ1v) is 5.94. The number of hydrogen-bond donors (Lipinski definition) is 1. The van der Waals surface area contributed by atoms with Crippen LogP contribution >= 0.6 is 0 Å². The summed E-state index contributed by atoms with van der Waals surface area (Å²) in [4.78, 5) is 15.1. The molecule has 0 aliphatic heterocycles. The summed E-state index contributed by atoms with van der Waals surface area (Å²) in [5.41, 5.74) is 2.31. The number of aromatic carboxylic acids is 1. The van der Waals surface area contributed by atoms with Gasteiger partial charge in [0.25, 0.3) is 0 Å². The van der Waals surface area contributed by atoms with Crippen LogP contribution in [0.4, 0.5) is 4.39 Å². The zero-order valence-electron chi connectivity index (χ0n) is 10.6. The molecule has 0 amide bonds. The zero-order chi connectivity index (χ0) is 14.3. The number of fused-ring (bicyclic) bond motifs is 1. The van der Waals surface area contributed by atoms with Crippen LogP contribution < -0.4 is 0 Å². The molecule has 0 unspecified atom stereocenters. The Kier molecular flexibility index (Phi) is 2.75. The third-order valence-corrected chi connectivity index (χ3v) is 2.92. The fourth-order valence-electron chi connectivity index (χ4n) is 2.04. The van der Waals surface area contributed by atoms with Crippen LogP contribution in [0.25, 0.3) is 22.6 Å². The Morgan fingerprint density at radius 1 is 1.25 bits per heavy atom. The molecular formula is C15H10FNO3. The average molecular weight is 271 g/mol. The lowest BCUT2D eigenvalue weighted by Crippen LogP contribution is -1.94. The number of hydrogen-bond acceptors (Lipinski definition) is 3. The number of aromatic nitrogens is 1. The number of carbonyl (C=O) groups is 1. The number of benzene rings is 2. The summed E-state index contributed by atoms with van der Waals surface area (Å²) in [5.74, 6) is -1.13. The number of nitrogens with zero attached hydrogens (tertiary/aromatic N) is 1. The van der Waals surface area contributed by atoms with E-state index in [-0.39, 0.29) is 17.3 Å². The molecule has 20 heavy (non-hydrogen) atoms. The van der Waals surface area contributed by atoms with Crippen LogP contribution in [-0.2, 0) is 0 Å². The first-order valence-electron chi connectivity index (χ1n) is 5.94. The van der Waals surface area contributed by atoms with Gasteiger partial charge in [-0.3, -0.25) is 0 Å². The molecule has 1 aromatic heterocycles. The van der Waals surface area contributed by atoms with Gasteiger partial charge in [0.1, 0.15) is 11.3 Å². The predicted molar refractivity (Wildman–Crippen MR) is 71.1 cm³/mol. The third-order valence-electron chi connectivity index (χ3n) is 2.92. The van der Waals surface area contributed by atoms with Crippen LogP contribution in [-0.4, -0.2) is 16.1 Å². The van der Waals surface area contributed by atoms with Crippen LogP contribution in [0.5, 0.6) is 0 Å². The first kappa shape index (κ1) is 12.3. The quantitative estimate of drug-likeness (QED) is 0.772. The highest BCUT2D eigenvalue weighted by atomic mass is 19.1. The first-order chi connectivity index (χ1) is 9.52. The predicted octanol–water partition coefficient (Wildman–Crippen LogP) is 3.64. The van der Waals surface area contributed by atoms with E-state index < -0.39 is 5.97 Å². The van der Waals surface area contributed by atoms with Crippen LogP contribution in [0.3, 0.4) is 0 Å². The summed E-state index contributed by atoms with van der Waals surface area (Å²) in [5, 5.41) is 8.93. The topological polar surface area (TPSA) is 63.3 Å². The summed E-state index contributed by atoms with van der Waals surface area (Å²) in [6, 6.07) is 8.91. The Balaban J connectivity index is 2.15. The van der Waals surface area contributed by atoms with Crippen LogP contribution in [0.1, 0.15) is 15.9 Å². The van der Waals surface area contributed by atoms with E-state index in [2.05, 4.69) is 4.98 Å². The molecule has 0 saturated heterocycles. The van der Waals surface area contributed by atoms with Crippen LogP contribution in [0, 0.1) is 12.7 Å². The molecule has 5 heteroatoms. The second-order valence-corrected chi connectivity index (χ2v) is 4.52. The van der Waals surface area contributed by atoms with Gasteiger partial charge in [-0.1, -0.05) is 0 Å². The van der Waals surface area contributed by atoms with E-state index in [0.717, 1.165) is 5.56 Å². The van der Waals surface area contributed by atoms with Gasteiger partial charge in [0.15, 0.2) is 5.58 Å². The monoisotopic (exact) mass is 271 g/mol. The zero-order valence-corrected chi connectivity index (χ0v) is 10.6. The van der Waals surface area contributed by atoms with Crippen molar-refractivity contribution in [3.8, 4) is 11.5 Å². The highest BCUT2D eigenvalue weighted by molar-refractivity contribution is 5.92. The molecule has 0 atom stereocenters. The molecule has 0 spiro atoms. The number of carboxylic acids is 1. The lowest BCUT2D eigenvalue weighted by Gasteiger charge is -1.98. The standard InChI is InChI=1S/C15H10FNO3/c1-8-4-10(6-11(16)5-8)14-17-12-7-9(15(18)19)2-3-13(12)20-14/h2-7H,1H3,(H,18,19). The number of carboxylic acid groups (broad SMARTS) is 1. The molecule has 1 heterocycles. The van der Waals surface area contributed by atoms with Gasteiger partial charge in [-0.25, -0.2) is 14.2 Å². The number of aryl methyl sites for hydroxylation is 1. The van der Waals surface area contributed by atoms with E-state index in [9.17, 15) is 9.18 Å². The Bertz CT molecular complexity index is 803. The van der Waals surface area contributed by atoms with Gasteiger partial charge in [0.2, 0.25) is 5.89 Å². The summed E-state index contributed by atoms with van der Waals surface area (Å²) in [7, 11) is 0. The van der Waals surface area contributed by atoms with E-state index >= 15 is 0 Å². The van der Waals surface area contributed by atoms with Crippen molar-refractivity contribution >= 4 is 17.1 Å². The van der Waals surface area contributed by atoms with Crippen molar-refractivity contribution in [1.82, 2.24) is 4.98 Å². The van der Waals surface area contributed by atoms with Crippen LogP contribution in [0.15, 0.2) is 40.8 Å². The summed E-state index contributed by atoms with van der Waals surface area (Å²) in [6.45, 7) is 1.78. The molecule has 3 aromatic rings. The Morgan fingerprint density at radius 3 is 2.75 bits per heavy atom. The summed E-state index contributed by atoms with van der Waals surface area (Å²) >= 11 is 0. The van der Waals surface area contributed by atoms with Crippen molar-refractivity contribution in [2.24, 2.45) is 0 Å². The average Bonchev–Trinajstić information content (AvgIpc) is 2.80. The molecule has 4 nitrogen and oxygen atoms in total. The molecule has 0 aliphatic rings. The highest BCUT2D eigenvalue weighted by Crippen LogP contribution is 2.26. The SMILES string of the molecule is Cc1cc(F)cc(-c2nc3cc(C(=O)O)ccc3o2)c1. The largest absolute Gasteiger partial charge is 0.478 e. The lowest BCUT2D eigenvalue weighted by atomic mass is 10.1. The van der Waals surface area contributed by atoms with Crippen molar-refractivity contribution in [1.29, 1.82) is 0 Å². The molecule has 2 aromatic carbocycles. The molecule has 0 radical (unpaired) electrons. The fourth-order valence-corrected chi connectivity index (χ4v) is 2.04. The maximum atomic E-state index is 13.4.